The summed E-state index contributed by atoms with van der Waals surface area (Å²) in [7, 11) is 5.11. The molecule has 0 saturated carbocycles. The summed E-state index contributed by atoms with van der Waals surface area (Å²) in [5.74, 6) is 1.21. The topological polar surface area (TPSA) is 73.6 Å². The van der Waals surface area contributed by atoms with Crippen LogP contribution < -0.4 is 9.47 Å². The van der Waals surface area contributed by atoms with E-state index in [1.807, 2.05) is 48.0 Å². The number of nitrogens with zero attached hydrogens (tertiary/aromatic N) is 2. The molecule has 0 bridgehead atoms. The molecule has 0 unspecified atom stereocenters. The molecule has 0 spiro atoms. The van der Waals surface area contributed by atoms with Crippen molar-refractivity contribution in [3.63, 3.8) is 0 Å². The summed E-state index contributed by atoms with van der Waals surface area (Å²) in [5, 5.41) is 8.93. The number of imidazole rings is 1. The van der Waals surface area contributed by atoms with Crippen molar-refractivity contribution in [1.29, 1.82) is 0 Å². The normalized spacial score (nSPS) is 10.8. The maximum absolute atomic E-state index is 10.9. The van der Waals surface area contributed by atoms with E-state index < -0.39 is 5.97 Å². The smallest absolute Gasteiger partial charge is 0.307 e. The quantitative estimate of drug-likeness (QED) is 0.780. The average Bonchev–Trinajstić information content (AvgIpc) is 2.90. The summed E-state index contributed by atoms with van der Waals surface area (Å²) < 4.78 is 12.6. The van der Waals surface area contributed by atoms with Crippen LogP contribution in [0.25, 0.3) is 22.4 Å². The lowest BCUT2D eigenvalue weighted by Gasteiger charge is -2.09. The number of ether oxygens (including phenoxy) is 2. The maximum Gasteiger partial charge on any atom is 0.307 e. The van der Waals surface area contributed by atoms with Gasteiger partial charge in [0.05, 0.1) is 31.7 Å². The molecule has 0 radical (unpaired) electrons. The van der Waals surface area contributed by atoms with Gasteiger partial charge in [-0.3, -0.25) is 4.79 Å². The molecule has 6 heteroatoms. The van der Waals surface area contributed by atoms with Crippen molar-refractivity contribution >= 4 is 17.0 Å². The van der Waals surface area contributed by atoms with Gasteiger partial charge >= 0.3 is 5.97 Å². The third kappa shape index (κ3) is 2.78. The van der Waals surface area contributed by atoms with Crippen LogP contribution in [0, 0.1) is 0 Å². The molecular weight excluding hydrogens is 308 g/mol. The van der Waals surface area contributed by atoms with Gasteiger partial charge in [0.1, 0.15) is 5.82 Å². The Kier molecular flexibility index (Phi) is 4.12. The highest BCUT2D eigenvalue weighted by atomic mass is 16.5. The van der Waals surface area contributed by atoms with Gasteiger partial charge in [-0.15, -0.1) is 0 Å². The van der Waals surface area contributed by atoms with E-state index in [-0.39, 0.29) is 6.42 Å². The van der Waals surface area contributed by atoms with Gasteiger partial charge in [0, 0.05) is 12.6 Å². The van der Waals surface area contributed by atoms with Crippen molar-refractivity contribution < 1.29 is 19.4 Å². The van der Waals surface area contributed by atoms with Crippen LogP contribution in [0.1, 0.15) is 5.56 Å². The number of fused-ring (bicyclic) bond motifs is 1. The number of carbonyl (C=O) groups is 1. The molecule has 24 heavy (non-hydrogen) atoms. The second-order valence-corrected chi connectivity index (χ2v) is 5.46. The largest absolute Gasteiger partial charge is 0.493 e. The minimum atomic E-state index is -0.856. The zero-order valence-electron chi connectivity index (χ0n) is 13.7. The first-order valence-corrected chi connectivity index (χ1v) is 7.43. The SMILES string of the molecule is COc1ccc(-c2nc3cc(CC(=O)O)ccc3n2C)cc1OC. The fourth-order valence-corrected chi connectivity index (χ4v) is 2.76. The van der Waals surface area contributed by atoms with E-state index in [1.54, 1.807) is 14.2 Å². The molecule has 1 heterocycles. The summed E-state index contributed by atoms with van der Waals surface area (Å²) in [5.41, 5.74) is 3.33. The first kappa shape index (κ1) is 15.9. The van der Waals surface area contributed by atoms with Crippen LogP contribution in [0.3, 0.4) is 0 Å². The minimum absolute atomic E-state index is 0.0157. The molecule has 1 N–H and O–H groups in total. The molecule has 6 nitrogen and oxygen atoms in total. The molecule has 0 amide bonds. The number of rotatable bonds is 5. The molecule has 0 aliphatic rings. The standard InChI is InChI=1S/C18H18N2O4/c1-20-14-6-4-11(9-17(21)22)8-13(14)19-18(20)12-5-7-15(23-2)16(10-12)24-3/h4-8,10H,9H2,1-3H3,(H,21,22). The molecule has 0 aliphatic carbocycles. The van der Waals surface area contributed by atoms with E-state index >= 15 is 0 Å². The van der Waals surface area contributed by atoms with Crippen molar-refractivity contribution in [2.24, 2.45) is 7.05 Å². The summed E-state index contributed by atoms with van der Waals surface area (Å²) in [6.07, 6.45) is -0.0157. The molecule has 124 valence electrons. The Morgan fingerprint density at radius 1 is 1.12 bits per heavy atom. The molecule has 0 atom stereocenters. The van der Waals surface area contributed by atoms with E-state index in [0.717, 1.165) is 28.0 Å². The molecule has 0 fully saturated rings. The van der Waals surface area contributed by atoms with E-state index in [1.165, 1.54) is 0 Å². The number of aryl methyl sites for hydroxylation is 1. The number of methoxy groups -OCH3 is 2. The van der Waals surface area contributed by atoms with Crippen molar-refractivity contribution in [3.8, 4) is 22.9 Å². The summed E-state index contributed by atoms with van der Waals surface area (Å²) in [6, 6.07) is 11.2. The summed E-state index contributed by atoms with van der Waals surface area (Å²) >= 11 is 0. The van der Waals surface area contributed by atoms with Gasteiger partial charge < -0.3 is 19.1 Å². The molecule has 0 aliphatic heterocycles. The zero-order valence-corrected chi connectivity index (χ0v) is 13.7. The number of hydrogen-bond donors (Lipinski definition) is 1. The Hall–Kier alpha value is -3.02. The van der Waals surface area contributed by atoms with Crippen LogP contribution in [-0.4, -0.2) is 34.8 Å². The first-order valence-electron chi connectivity index (χ1n) is 7.43. The fraction of sp³-hybridized carbons (Fsp3) is 0.222. The average molecular weight is 326 g/mol. The van der Waals surface area contributed by atoms with E-state index in [4.69, 9.17) is 14.6 Å². The van der Waals surface area contributed by atoms with Gasteiger partial charge in [-0.05, 0) is 35.9 Å². The molecule has 1 aromatic heterocycles. The highest BCUT2D eigenvalue weighted by Crippen LogP contribution is 2.33. The lowest BCUT2D eigenvalue weighted by atomic mass is 10.1. The number of aliphatic carboxylic acids is 1. The predicted octanol–water partition coefficient (Wildman–Crippen LogP) is 2.88. The second kappa shape index (κ2) is 6.23. The van der Waals surface area contributed by atoms with Gasteiger partial charge in [-0.1, -0.05) is 6.07 Å². The Balaban J connectivity index is 2.09. The number of aromatic nitrogens is 2. The van der Waals surface area contributed by atoms with Gasteiger partial charge in [-0.2, -0.15) is 0 Å². The van der Waals surface area contributed by atoms with Crippen LogP contribution >= 0.6 is 0 Å². The number of carboxylic acids is 1. The van der Waals surface area contributed by atoms with Gasteiger partial charge in [0.15, 0.2) is 11.5 Å². The highest BCUT2D eigenvalue weighted by Gasteiger charge is 2.13. The van der Waals surface area contributed by atoms with Crippen LogP contribution in [0.15, 0.2) is 36.4 Å². The third-order valence-electron chi connectivity index (χ3n) is 3.94. The molecule has 3 aromatic rings. The van der Waals surface area contributed by atoms with Gasteiger partial charge in [-0.25, -0.2) is 4.98 Å². The number of hydrogen-bond acceptors (Lipinski definition) is 4. The zero-order chi connectivity index (χ0) is 17.3. The van der Waals surface area contributed by atoms with E-state index in [9.17, 15) is 4.79 Å². The monoisotopic (exact) mass is 326 g/mol. The predicted molar refractivity (Wildman–Crippen MR) is 90.6 cm³/mol. The summed E-state index contributed by atoms with van der Waals surface area (Å²) in [4.78, 5) is 15.5. The maximum atomic E-state index is 10.9. The van der Waals surface area contributed by atoms with Crippen LogP contribution in [0.4, 0.5) is 0 Å². The lowest BCUT2D eigenvalue weighted by Crippen LogP contribution is -1.99. The summed E-state index contributed by atoms with van der Waals surface area (Å²) in [6.45, 7) is 0. The van der Waals surface area contributed by atoms with Crippen molar-refractivity contribution in [1.82, 2.24) is 9.55 Å². The van der Waals surface area contributed by atoms with E-state index in [0.29, 0.717) is 11.5 Å². The number of carboxylic acid groups (broad SMARTS) is 1. The second-order valence-electron chi connectivity index (χ2n) is 5.46. The van der Waals surface area contributed by atoms with E-state index in [2.05, 4.69) is 4.98 Å². The highest BCUT2D eigenvalue weighted by molar-refractivity contribution is 5.82. The molecule has 2 aromatic carbocycles. The molecule has 0 saturated heterocycles. The van der Waals surface area contributed by atoms with Crippen molar-refractivity contribution in [2.45, 2.75) is 6.42 Å². The Morgan fingerprint density at radius 3 is 2.54 bits per heavy atom. The van der Waals surface area contributed by atoms with Crippen LogP contribution in [-0.2, 0) is 18.3 Å². The Bertz CT molecular complexity index is 915. The van der Waals surface area contributed by atoms with Gasteiger partial charge in [0.2, 0.25) is 0 Å². The lowest BCUT2D eigenvalue weighted by molar-refractivity contribution is -0.136. The van der Waals surface area contributed by atoms with Crippen molar-refractivity contribution in [3.05, 3.63) is 42.0 Å². The van der Waals surface area contributed by atoms with Crippen molar-refractivity contribution in [2.75, 3.05) is 14.2 Å². The van der Waals surface area contributed by atoms with Crippen LogP contribution in [0.2, 0.25) is 0 Å². The van der Waals surface area contributed by atoms with Crippen LogP contribution in [0.5, 0.6) is 11.5 Å². The number of benzene rings is 2. The minimum Gasteiger partial charge on any atom is -0.493 e. The Labute approximate surface area is 139 Å². The van der Waals surface area contributed by atoms with Gasteiger partial charge in [0.25, 0.3) is 0 Å². The fourth-order valence-electron chi connectivity index (χ4n) is 2.76. The third-order valence-corrected chi connectivity index (χ3v) is 3.94. The first-order chi connectivity index (χ1) is 11.5. The molecule has 3 rings (SSSR count). The molecular formula is C18H18N2O4. The Morgan fingerprint density at radius 2 is 1.88 bits per heavy atom.